The van der Waals surface area contributed by atoms with Gasteiger partial charge in [0.25, 0.3) is 0 Å². The maximum absolute atomic E-state index is 12.0. The Balaban J connectivity index is 2.23. The van der Waals surface area contributed by atoms with Gasteiger partial charge in [0.1, 0.15) is 17.3 Å². The molecule has 1 amide bonds. The number of carbonyl (C=O) groups is 1. The fraction of sp³-hybridized carbons (Fsp3) is 0.333. The molecule has 21 heavy (non-hydrogen) atoms. The molecule has 1 atom stereocenters. The zero-order chi connectivity index (χ0) is 15.5. The van der Waals surface area contributed by atoms with Gasteiger partial charge in [-0.05, 0) is 26.3 Å². The van der Waals surface area contributed by atoms with Crippen LogP contribution in [-0.2, 0) is 4.74 Å². The third-order valence-electron chi connectivity index (χ3n) is 2.64. The first-order valence-corrected chi connectivity index (χ1v) is 6.62. The minimum absolute atomic E-state index is 0.192. The molecule has 3 N–H and O–H groups in total. The number of benzene rings is 1. The van der Waals surface area contributed by atoms with Crippen molar-refractivity contribution in [2.75, 3.05) is 5.73 Å². The molecule has 0 radical (unpaired) electrons. The van der Waals surface area contributed by atoms with Crippen molar-refractivity contribution in [3.05, 3.63) is 47.7 Å². The molecule has 1 heterocycles. The van der Waals surface area contributed by atoms with Crippen LogP contribution in [0.3, 0.4) is 0 Å². The van der Waals surface area contributed by atoms with Crippen LogP contribution in [0.4, 0.5) is 10.7 Å². The second kappa shape index (κ2) is 5.87. The maximum atomic E-state index is 12.0. The fourth-order valence-corrected chi connectivity index (χ4v) is 1.84. The van der Waals surface area contributed by atoms with E-state index in [9.17, 15) is 4.79 Å². The van der Waals surface area contributed by atoms with Gasteiger partial charge < -0.3 is 20.3 Å². The van der Waals surface area contributed by atoms with Crippen LogP contribution in [0.5, 0.6) is 0 Å². The number of carbonyl (C=O) groups excluding carboxylic acids is 1. The lowest BCUT2D eigenvalue weighted by Gasteiger charge is -2.23. The summed E-state index contributed by atoms with van der Waals surface area (Å²) in [6, 6.07) is 10.5. The third-order valence-corrected chi connectivity index (χ3v) is 2.64. The second-order valence-electron chi connectivity index (χ2n) is 5.64. The van der Waals surface area contributed by atoms with Crippen LogP contribution in [0.25, 0.3) is 0 Å². The van der Waals surface area contributed by atoms with E-state index in [0.717, 1.165) is 5.56 Å². The van der Waals surface area contributed by atoms with Crippen molar-refractivity contribution in [1.82, 2.24) is 10.5 Å². The number of alkyl carbamates (subject to hydrolysis) is 1. The summed E-state index contributed by atoms with van der Waals surface area (Å²) in [7, 11) is 0. The molecule has 1 unspecified atom stereocenters. The van der Waals surface area contributed by atoms with E-state index in [2.05, 4.69) is 10.5 Å². The SMILES string of the molecule is CC(C)(C)OC(=O)NC(c1ccccc1)c1cc(N)on1. The summed E-state index contributed by atoms with van der Waals surface area (Å²) < 4.78 is 10.2. The number of rotatable bonds is 3. The van der Waals surface area contributed by atoms with Crippen molar-refractivity contribution >= 4 is 12.0 Å². The van der Waals surface area contributed by atoms with Crippen LogP contribution in [0.2, 0.25) is 0 Å². The molecule has 0 spiro atoms. The largest absolute Gasteiger partial charge is 0.444 e. The van der Waals surface area contributed by atoms with Gasteiger partial charge in [-0.15, -0.1) is 0 Å². The average Bonchev–Trinajstić information content (AvgIpc) is 2.81. The number of hydrogen-bond donors (Lipinski definition) is 2. The molecule has 2 rings (SSSR count). The summed E-state index contributed by atoms with van der Waals surface area (Å²) in [6.07, 6.45) is -0.530. The van der Waals surface area contributed by atoms with Gasteiger partial charge in [0.2, 0.25) is 5.88 Å². The van der Waals surface area contributed by atoms with E-state index >= 15 is 0 Å². The predicted octanol–water partition coefficient (Wildman–Crippen LogP) is 2.87. The van der Waals surface area contributed by atoms with Gasteiger partial charge >= 0.3 is 6.09 Å². The second-order valence-corrected chi connectivity index (χ2v) is 5.64. The highest BCUT2D eigenvalue weighted by molar-refractivity contribution is 5.69. The molecule has 6 nitrogen and oxygen atoms in total. The Kier molecular flexibility index (Phi) is 4.16. The van der Waals surface area contributed by atoms with Crippen LogP contribution in [0, 0.1) is 0 Å². The molecule has 2 aromatic rings. The summed E-state index contributed by atoms with van der Waals surface area (Å²) in [5, 5.41) is 6.65. The highest BCUT2D eigenvalue weighted by Crippen LogP contribution is 2.23. The highest BCUT2D eigenvalue weighted by atomic mass is 16.6. The first-order chi connectivity index (χ1) is 9.85. The Morgan fingerprint density at radius 2 is 2.00 bits per heavy atom. The quantitative estimate of drug-likeness (QED) is 0.906. The van der Waals surface area contributed by atoms with Crippen LogP contribution < -0.4 is 11.1 Å². The van der Waals surface area contributed by atoms with E-state index in [-0.39, 0.29) is 5.88 Å². The molecule has 0 aliphatic heterocycles. The number of nitrogen functional groups attached to an aromatic ring is 1. The Labute approximate surface area is 123 Å². The minimum atomic E-state index is -0.575. The lowest BCUT2D eigenvalue weighted by Crippen LogP contribution is -2.35. The standard InChI is InChI=1S/C15H19N3O3/c1-15(2,3)20-14(19)17-13(10-7-5-4-6-8-10)11-9-12(16)21-18-11/h4-9,13H,16H2,1-3H3,(H,17,19). The number of nitrogens with zero attached hydrogens (tertiary/aromatic N) is 1. The number of nitrogens with two attached hydrogens (primary N) is 1. The van der Waals surface area contributed by atoms with Crippen molar-refractivity contribution in [3.8, 4) is 0 Å². The van der Waals surface area contributed by atoms with E-state index in [0.29, 0.717) is 5.69 Å². The van der Waals surface area contributed by atoms with Crippen LogP contribution in [0.15, 0.2) is 40.9 Å². The third kappa shape index (κ3) is 4.24. The smallest absolute Gasteiger partial charge is 0.408 e. The molecule has 0 fully saturated rings. The van der Waals surface area contributed by atoms with Crippen molar-refractivity contribution in [2.24, 2.45) is 0 Å². The normalized spacial score (nSPS) is 12.7. The first-order valence-electron chi connectivity index (χ1n) is 6.62. The van der Waals surface area contributed by atoms with Gasteiger partial charge in [-0.2, -0.15) is 0 Å². The molecule has 1 aromatic carbocycles. The van der Waals surface area contributed by atoms with Gasteiger partial charge in [0, 0.05) is 6.07 Å². The number of anilines is 1. The fourth-order valence-electron chi connectivity index (χ4n) is 1.84. The molecule has 112 valence electrons. The molecule has 0 aliphatic rings. The average molecular weight is 289 g/mol. The number of aromatic nitrogens is 1. The number of nitrogens with one attached hydrogen (secondary N) is 1. The Bertz CT molecular complexity index is 602. The molecular weight excluding hydrogens is 270 g/mol. The van der Waals surface area contributed by atoms with E-state index in [1.165, 1.54) is 0 Å². The van der Waals surface area contributed by atoms with E-state index in [1.807, 2.05) is 30.3 Å². The van der Waals surface area contributed by atoms with Crippen molar-refractivity contribution in [3.63, 3.8) is 0 Å². The predicted molar refractivity (Wildman–Crippen MR) is 78.6 cm³/mol. The lowest BCUT2D eigenvalue weighted by molar-refractivity contribution is 0.0511. The van der Waals surface area contributed by atoms with E-state index in [4.69, 9.17) is 15.0 Å². The van der Waals surface area contributed by atoms with Crippen molar-refractivity contribution < 1.29 is 14.1 Å². The molecule has 0 saturated heterocycles. The molecule has 1 aromatic heterocycles. The molecule has 0 bridgehead atoms. The molecule has 0 aliphatic carbocycles. The number of ether oxygens (including phenoxy) is 1. The summed E-state index contributed by atoms with van der Waals surface area (Å²) in [5.74, 6) is 0.192. The highest BCUT2D eigenvalue weighted by Gasteiger charge is 2.24. The number of amides is 1. The van der Waals surface area contributed by atoms with Gasteiger partial charge in [0.15, 0.2) is 0 Å². The van der Waals surface area contributed by atoms with Gasteiger partial charge in [-0.1, -0.05) is 35.5 Å². The molecule has 6 heteroatoms. The van der Waals surface area contributed by atoms with Crippen LogP contribution >= 0.6 is 0 Å². The van der Waals surface area contributed by atoms with E-state index in [1.54, 1.807) is 26.8 Å². The van der Waals surface area contributed by atoms with Crippen molar-refractivity contribution in [1.29, 1.82) is 0 Å². The summed E-state index contributed by atoms with van der Waals surface area (Å²) in [4.78, 5) is 12.0. The first kappa shape index (κ1) is 14.9. The van der Waals surface area contributed by atoms with Crippen LogP contribution in [-0.4, -0.2) is 16.9 Å². The van der Waals surface area contributed by atoms with Crippen molar-refractivity contribution in [2.45, 2.75) is 32.4 Å². The topological polar surface area (TPSA) is 90.4 Å². The zero-order valence-corrected chi connectivity index (χ0v) is 12.3. The molecule has 0 saturated carbocycles. The van der Waals surface area contributed by atoms with Gasteiger partial charge in [-0.3, -0.25) is 0 Å². The lowest BCUT2D eigenvalue weighted by atomic mass is 10.0. The summed E-state index contributed by atoms with van der Waals surface area (Å²) in [6.45, 7) is 5.41. The zero-order valence-electron chi connectivity index (χ0n) is 12.3. The summed E-state index contributed by atoms with van der Waals surface area (Å²) in [5.41, 5.74) is 6.35. The van der Waals surface area contributed by atoms with Gasteiger partial charge in [0.05, 0.1) is 0 Å². The monoisotopic (exact) mass is 289 g/mol. The Hall–Kier alpha value is -2.50. The Morgan fingerprint density at radius 1 is 1.33 bits per heavy atom. The number of hydrogen-bond acceptors (Lipinski definition) is 5. The summed E-state index contributed by atoms with van der Waals surface area (Å²) >= 11 is 0. The van der Waals surface area contributed by atoms with Crippen LogP contribution in [0.1, 0.15) is 38.1 Å². The molecular formula is C15H19N3O3. The minimum Gasteiger partial charge on any atom is -0.444 e. The van der Waals surface area contributed by atoms with E-state index < -0.39 is 17.7 Å². The van der Waals surface area contributed by atoms with Gasteiger partial charge in [-0.25, -0.2) is 4.79 Å². The maximum Gasteiger partial charge on any atom is 0.408 e. The Morgan fingerprint density at radius 3 is 2.52 bits per heavy atom.